The number of rotatable bonds is 10. The second-order valence-electron chi connectivity index (χ2n) is 9.37. The van der Waals surface area contributed by atoms with Gasteiger partial charge in [0, 0.05) is 18.5 Å². The van der Waals surface area contributed by atoms with Gasteiger partial charge in [-0.05, 0) is 50.7 Å². The molecule has 0 saturated heterocycles. The molecule has 0 aliphatic heterocycles. The first-order valence-corrected chi connectivity index (χ1v) is 13.2. The van der Waals surface area contributed by atoms with Crippen LogP contribution in [0.2, 0.25) is 10.0 Å². The van der Waals surface area contributed by atoms with E-state index in [9.17, 15) is 15.2 Å². The van der Waals surface area contributed by atoms with E-state index in [0.717, 1.165) is 32.1 Å². The number of hydrogen-bond donors (Lipinski definition) is 4. The van der Waals surface area contributed by atoms with Crippen molar-refractivity contribution in [1.82, 2.24) is 19.5 Å². The molecule has 5 N–H and O–H groups in total. The van der Waals surface area contributed by atoms with Crippen molar-refractivity contribution >= 4 is 57.9 Å². The number of amides is 1. The Bertz CT molecular complexity index is 1300. The highest BCUT2D eigenvalue weighted by Gasteiger charge is 2.25. The third kappa shape index (κ3) is 6.42. The number of aliphatic hydroxyl groups excluding tert-OH is 1. The number of benzene rings is 1. The SMILES string of the molecule is CCC[C@H](CCC(N)=O)n1c(Nc2c(Cl)cc(C#N)cc2Cl)nc2cnc(N[C@H]3CCC[C@H](O)C3)nc21. The van der Waals surface area contributed by atoms with Crippen molar-refractivity contribution in [2.45, 2.75) is 76.5 Å². The summed E-state index contributed by atoms with van der Waals surface area (Å²) in [5, 5.41) is 26.4. The summed E-state index contributed by atoms with van der Waals surface area (Å²) in [7, 11) is 0. The van der Waals surface area contributed by atoms with Crippen LogP contribution in [-0.4, -0.2) is 42.7 Å². The van der Waals surface area contributed by atoms with Crippen LogP contribution >= 0.6 is 23.2 Å². The maximum absolute atomic E-state index is 11.6. The van der Waals surface area contributed by atoms with Crippen LogP contribution < -0.4 is 16.4 Å². The Kier molecular flexibility index (Phi) is 8.69. The van der Waals surface area contributed by atoms with E-state index >= 15 is 0 Å². The Hall–Kier alpha value is -3.13. The number of fused-ring (bicyclic) bond motifs is 1. The Morgan fingerprint density at radius 2 is 2.05 bits per heavy atom. The molecule has 2 aromatic heterocycles. The molecule has 3 aromatic rings. The van der Waals surface area contributed by atoms with Crippen LogP contribution in [0, 0.1) is 11.3 Å². The number of halogens is 2. The molecule has 0 bridgehead atoms. The van der Waals surface area contributed by atoms with E-state index in [1.165, 1.54) is 12.1 Å². The number of primary amides is 1. The molecule has 3 atom stereocenters. The van der Waals surface area contributed by atoms with Crippen molar-refractivity contribution in [1.29, 1.82) is 5.26 Å². The first kappa shape index (κ1) is 26.9. The molecule has 196 valence electrons. The van der Waals surface area contributed by atoms with Crippen molar-refractivity contribution in [3.63, 3.8) is 0 Å². The van der Waals surface area contributed by atoms with Gasteiger partial charge in [0.15, 0.2) is 5.65 Å². The number of carbonyl (C=O) groups excluding carboxylic acids is 1. The lowest BCUT2D eigenvalue weighted by Gasteiger charge is -2.26. The topological polar surface area (TPSA) is 155 Å². The highest BCUT2D eigenvalue weighted by atomic mass is 35.5. The Labute approximate surface area is 225 Å². The molecule has 0 spiro atoms. The predicted molar refractivity (Wildman–Crippen MR) is 144 cm³/mol. The Morgan fingerprint density at radius 3 is 2.70 bits per heavy atom. The van der Waals surface area contributed by atoms with Gasteiger partial charge in [-0.1, -0.05) is 36.5 Å². The predicted octanol–water partition coefficient (Wildman–Crippen LogP) is 5.07. The number of nitrogens with one attached hydrogen (secondary N) is 2. The van der Waals surface area contributed by atoms with Gasteiger partial charge in [-0.3, -0.25) is 9.36 Å². The molecule has 4 rings (SSSR count). The number of aliphatic hydroxyl groups is 1. The number of imidazole rings is 1. The van der Waals surface area contributed by atoms with Gasteiger partial charge in [-0.2, -0.15) is 10.2 Å². The number of nitriles is 1. The van der Waals surface area contributed by atoms with E-state index in [4.69, 9.17) is 38.9 Å². The number of nitrogens with zero attached hydrogens (tertiary/aromatic N) is 5. The summed E-state index contributed by atoms with van der Waals surface area (Å²) in [5.41, 5.74) is 7.36. The van der Waals surface area contributed by atoms with Gasteiger partial charge in [0.2, 0.25) is 17.8 Å². The fraction of sp³-hybridized carbons (Fsp3) is 0.480. The molecular formula is C25H30Cl2N8O2. The van der Waals surface area contributed by atoms with E-state index in [1.54, 1.807) is 6.20 Å². The second-order valence-corrected chi connectivity index (χ2v) is 10.2. The standard InChI is InChI=1S/C25H30Cl2N8O2/c1-2-4-16(7-8-21(29)37)35-23-20(13-30-24(34-23)31-15-5-3-6-17(36)11-15)32-25(35)33-22-18(26)9-14(12-28)10-19(22)27/h9-10,13,15-17,36H,2-8,11H2,1H3,(H2,29,37)(H,32,33)(H,30,31,34)/t15-,16+,17-/m0/s1. The van der Waals surface area contributed by atoms with E-state index in [-0.39, 0.29) is 40.6 Å². The lowest BCUT2D eigenvalue weighted by atomic mass is 9.93. The summed E-state index contributed by atoms with van der Waals surface area (Å²) >= 11 is 12.9. The zero-order valence-corrected chi connectivity index (χ0v) is 22.1. The van der Waals surface area contributed by atoms with Crippen molar-refractivity contribution in [3.05, 3.63) is 33.9 Å². The van der Waals surface area contributed by atoms with Gasteiger partial charge in [-0.15, -0.1) is 0 Å². The van der Waals surface area contributed by atoms with Gasteiger partial charge < -0.3 is 21.5 Å². The van der Waals surface area contributed by atoms with Gasteiger partial charge >= 0.3 is 0 Å². The normalized spacial score (nSPS) is 18.4. The van der Waals surface area contributed by atoms with Crippen molar-refractivity contribution in [2.24, 2.45) is 5.73 Å². The number of carbonyl (C=O) groups is 1. The number of hydrogen-bond acceptors (Lipinski definition) is 8. The van der Waals surface area contributed by atoms with Crippen LogP contribution in [-0.2, 0) is 4.79 Å². The van der Waals surface area contributed by atoms with Crippen LogP contribution in [0.1, 0.15) is 69.9 Å². The fourth-order valence-corrected chi connectivity index (χ4v) is 5.37. The first-order chi connectivity index (χ1) is 17.8. The number of anilines is 3. The van der Waals surface area contributed by atoms with E-state index in [0.29, 0.717) is 47.2 Å². The minimum atomic E-state index is -0.383. The first-order valence-electron chi connectivity index (χ1n) is 12.4. The zero-order chi connectivity index (χ0) is 26.5. The summed E-state index contributed by atoms with van der Waals surface area (Å²) in [4.78, 5) is 25.6. The molecule has 1 aliphatic carbocycles. The van der Waals surface area contributed by atoms with Gasteiger partial charge in [0.05, 0.1) is 39.7 Å². The summed E-state index contributed by atoms with van der Waals surface area (Å²) in [6, 6.07) is 5.03. The van der Waals surface area contributed by atoms with Crippen molar-refractivity contribution in [2.75, 3.05) is 10.6 Å². The Balaban J connectivity index is 1.77. The third-order valence-corrected chi connectivity index (χ3v) is 7.13. The molecule has 1 aromatic carbocycles. The second kappa shape index (κ2) is 11.9. The lowest BCUT2D eigenvalue weighted by molar-refractivity contribution is -0.118. The van der Waals surface area contributed by atoms with Gasteiger partial charge in [-0.25, -0.2) is 9.97 Å². The van der Waals surface area contributed by atoms with E-state index < -0.39 is 0 Å². The average Bonchev–Trinajstić information content (AvgIpc) is 3.21. The maximum Gasteiger partial charge on any atom is 0.224 e. The molecule has 2 heterocycles. The van der Waals surface area contributed by atoms with Crippen LogP contribution in [0.15, 0.2) is 18.3 Å². The maximum atomic E-state index is 11.6. The largest absolute Gasteiger partial charge is 0.393 e. The van der Waals surface area contributed by atoms with Crippen LogP contribution in [0.4, 0.5) is 17.6 Å². The Morgan fingerprint density at radius 1 is 1.30 bits per heavy atom. The summed E-state index contributed by atoms with van der Waals surface area (Å²) in [6.07, 6.45) is 6.94. The zero-order valence-electron chi connectivity index (χ0n) is 20.5. The molecule has 1 fully saturated rings. The summed E-state index contributed by atoms with van der Waals surface area (Å²) in [6.45, 7) is 2.06. The molecule has 12 heteroatoms. The molecule has 1 saturated carbocycles. The quantitative estimate of drug-likeness (QED) is 0.275. The monoisotopic (exact) mass is 544 g/mol. The molecule has 10 nitrogen and oxygen atoms in total. The summed E-state index contributed by atoms with van der Waals surface area (Å²) < 4.78 is 1.94. The number of aromatic nitrogens is 4. The van der Waals surface area contributed by atoms with Crippen LogP contribution in [0.3, 0.4) is 0 Å². The fourth-order valence-electron chi connectivity index (χ4n) is 4.79. The molecule has 1 aliphatic rings. The lowest BCUT2D eigenvalue weighted by Crippen LogP contribution is -2.30. The molecule has 37 heavy (non-hydrogen) atoms. The smallest absolute Gasteiger partial charge is 0.224 e. The average molecular weight is 545 g/mol. The highest BCUT2D eigenvalue weighted by molar-refractivity contribution is 6.39. The number of nitrogens with two attached hydrogens (primary N) is 1. The molecular weight excluding hydrogens is 515 g/mol. The molecule has 0 radical (unpaired) electrons. The minimum Gasteiger partial charge on any atom is -0.393 e. The van der Waals surface area contributed by atoms with Crippen LogP contribution in [0.25, 0.3) is 11.2 Å². The van der Waals surface area contributed by atoms with Crippen molar-refractivity contribution < 1.29 is 9.90 Å². The third-order valence-electron chi connectivity index (χ3n) is 6.53. The van der Waals surface area contributed by atoms with E-state index in [2.05, 4.69) is 22.5 Å². The molecule has 1 amide bonds. The van der Waals surface area contributed by atoms with Gasteiger partial charge in [0.1, 0.15) is 5.52 Å². The summed E-state index contributed by atoms with van der Waals surface area (Å²) in [5.74, 6) is 0.496. The van der Waals surface area contributed by atoms with E-state index in [1.807, 2.05) is 10.6 Å². The highest BCUT2D eigenvalue weighted by Crippen LogP contribution is 2.37. The van der Waals surface area contributed by atoms with Crippen molar-refractivity contribution in [3.8, 4) is 6.07 Å². The van der Waals surface area contributed by atoms with Crippen LogP contribution in [0.5, 0.6) is 0 Å². The minimum absolute atomic E-state index is 0.0766. The van der Waals surface area contributed by atoms with Gasteiger partial charge in [0.25, 0.3) is 0 Å². The molecule has 0 unspecified atom stereocenters.